The van der Waals surface area contributed by atoms with Gasteiger partial charge in [0.25, 0.3) is 0 Å². The van der Waals surface area contributed by atoms with E-state index >= 15 is 0 Å². The highest BCUT2D eigenvalue weighted by Gasteiger charge is 2.52. The Morgan fingerprint density at radius 3 is 2.13 bits per heavy atom. The Morgan fingerprint density at radius 2 is 1.53 bits per heavy atom. The van der Waals surface area contributed by atoms with Crippen LogP contribution in [0.15, 0.2) is 72.2 Å². The van der Waals surface area contributed by atoms with E-state index in [0.717, 1.165) is 40.5 Å². The number of ether oxygens (including phenoxy) is 1. The number of carbonyl (C=O) groups is 1. The van der Waals surface area contributed by atoms with Crippen LogP contribution in [-0.2, 0) is 14.0 Å². The quantitative estimate of drug-likeness (QED) is 0.379. The molecule has 1 heterocycles. The number of benzene rings is 3. The monoisotopic (exact) mass is 517 g/mol. The number of rotatable bonds is 6. The molecule has 0 aromatic heterocycles. The van der Waals surface area contributed by atoms with E-state index in [0.29, 0.717) is 5.47 Å². The first-order valence-electron chi connectivity index (χ1n) is 12.7. The molecule has 2 aliphatic rings. The first-order valence-corrected chi connectivity index (χ1v) is 12.7. The molecular weight excluding hydrogens is 487 g/mol. The third-order valence-electron chi connectivity index (χ3n) is 7.64. The van der Waals surface area contributed by atoms with Gasteiger partial charge < -0.3 is 19.4 Å². The normalized spacial score (nSPS) is 17.7. The standard InChI is InChI=1S/C30H30BF2NO4/c1-29(2)30(3,4)38-31(37-29)20(15-19-16-21(32)13-14-27(19)33)17-34-28(35)36-18-26-24-11-7-5-9-22(24)23-10-6-8-12-25(23)26/h5-16,26H,17-18H2,1-4H3,(H,34,35). The van der Waals surface area contributed by atoms with Crippen molar-refractivity contribution in [3.05, 3.63) is 101 Å². The molecule has 1 fully saturated rings. The van der Waals surface area contributed by atoms with Crippen LogP contribution in [0.3, 0.4) is 0 Å². The number of hydrogen-bond donors (Lipinski definition) is 1. The SMILES string of the molecule is CC1(C)OB(C(=Cc2cc(F)ccc2F)CNC(=O)OCC2c3ccccc3-c3ccccc32)OC1(C)C. The molecular formula is C30H30BF2NO4. The van der Waals surface area contributed by atoms with Gasteiger partial charge in [0.2, 0.25) is 0 Å². The van der Waals surface area contributed by atoms with Crippen molar-refractivity contribution < 1.29 is 27.6 Å². The van der Waals surface area contributed by atoms with Gasteiger partial charge in [-0.25, -0.2) is 13.6 Å². The van der Waals surface area contributed by atoms with Gasteiger partial charge in [0.1, 0.15) is 18.2 Å². The zero-order valence-electron chi connectivity index (χ0n) is 21.9. The van der Waals surface area contributed by atoms with Gasteiger partial charge in [0, 0.05) is 18.0 Å². The molecule has 1 aliphatic carbocycles. The van der Waals surface area contributed by atoms with Gasteiger partial charge in [-0.15, -0.1) is 0 Å². The van der Waals surface area contributed by atoms with Crippen LogP contribution in [0.2, 0.25) is 0 Å². The van der Waals surface area contributed by atoms with Gasteiger partial charge in [0.05, 0.1) is 11.2 Å². The maximum atomic E-state index is 14.5. The van der Waals surface area contributed by atoms with E-state index in [1.807, 2.05) is 64.1 Å². The molecule has 3 aromatic carbocycles. The molecule has 0 spiro atoms. The molecule has 196 valence electrons. The maximum Gasteiger partial charge on any atom is 0.492 e. The summed E-state index contributed by atoms with van der Waals surface area (Å²) in [4.78, 5) is 12.8. The molecule has 3 aromatic rings. The Kier molecular flexibility index (Phi) is 6.88. The molecule has 1 amide bonds. The Bertz CT molecular complexity index is 1340. The highest BCUT2D eigenvalue weighted by atomic mass is 19.1. The van der Waals surface area contributed by atoms with Gasteiger partial charge >= 0.3 is 13.2 Å². The minimum Gasteiger partial charge on any atom is -0.449 e. The molecule has 0 unspecified atom stereocenters. The number of nitrogens with one attached hydrogen (secondary N) is 1. The van der Waals surface area contributed by atoms with E-state index < -0.39 is 36.0 Å². The molecule has 0 saturated carbocycles. The van der Waals surface area contributed by atoms with Crippen LogP contribution in [0.4, 0.5) is 13.6 Å². The maximum absolute atomic E-state index is 14.5. The number of alkyl carbamates (subject to hydrolysis) is 1. The topological polar surface area (TPSA) is 56.8 Å². The third-order valence-corrected chi connectivity index (χ3v) is 7.64. The molecule has 0 bridgehead atoms. The number of fused-ring (bicyclic) bond motifs is 3. The Hall–Kier alpha value is -3.49. The minimum absolute atomic E-state index is 0.0315. The predicted molar refractivity (Wildman–Crippen MR) is 143 cm³/mol. The summed E-state index contributed by atoms with van der Waals surface area (Å²) in [6, 6.07) is 19.4. The van der Waals surface area contributed by atoms with Crippen molar-refractivity contribution in [3.63, 3.8) is 0 Å². The number of carbonyl (C=O) groups excluding carboxylic acids is 1. The summed E-state index contributed by atoms with van der Waals surface area (Å²) in [6.45, 7) is 7.70. The molecule has 1 N–H and O–H groups in total. The molecule has 5 rings (SSSR count). The van der Waals surface area contributed by atoms with E-state index in [4.69, 9.17) is 14.0 Å². The van der Waals surface area contributed by atoms with Crippen LogP contribution in [-0.4, -0.2) is 37.6 Å². The summed E-state index contributed by atoms with van der Waals surface area (Å²) in [6.07, 6.45) is 0.818. The first-order chi connectivity index (χ1) is 18.1. The highest BCUT2D eigenvalue weighted by molar-refractivity contribution is 6.56. The lowest BCUT2D eigenvalue weighted by Gasteiger charge is -2.32. The second-order valence-electron chi connectivity index (χ2n) is 10.7. The largest absolute Gasteiger partial charge is 0.492 e. The van der Waals surface area contributed by atoms with E-state index in [1.165, 1.54) is 6.08 Å². The molecule has 1 aliphatic heterocycles. The van der Waals surface area contributed by atoms with E-state index in [1.54, 1.807) is 0 Å². The van der Waals surface area contributed by atoms with Crippen LogP contribution >= 0.6 is 0 Å². The lowest BCUT2D eigenvalue weighted by molar-refractivity contribution is 0.00578. The number of halogens is 2. The van der Waals surface area contributed by atoms with Crippen molar-refractivity contribution in [2.45, 2.75) is 44.8 Å². The van der Waals surface area contributed by atoms with Crippen LogP contribution in [0.1, 0.15) is 50.3 Å². The molecule has 5 nitrogen and oxygen atoms in total. The Labute approximate surface area is 221 Å². The second kappa shape index (κ2) is 10.0. The molecule has 8 heteroatoms. The zero-order chi connectivity index (χ0) is 27.1. The van der Waals surface area contributed by atoms with Gasteiger partial charge in [-0.2, -0.15) is 0 Å². The van der Waals surface area contributed by atoms with Gasteiger partial charge in [0.15, 0.2) is 0 Å². The number of amides is 1. The van der Waals surface area contributed by atoms with E-state index in [-0.39, 0.29) is 24.6 Å². The molecule has 38 heavy (non-hydrogen) atoms. The summed E-state index contributed by atoms with van der Waals surface area (Å²) >= 11 is 0. The fourth-order valence-electron chi connectivity index (χ4n) is 4.85. The van der Waals surface area contributed by atoms with Gasteiger partial charge in [-0.1, -0.05) is 54.6 Å². The van der Waals surface area contributed by atoms with Gasteiger partial charge in [-0.05, 0) is 73.6 Å². The van der Waals surface area contributed by atoms with Crippen LogP contribution in [0.5, 0.6) is 0 Å². The predicted octanol–water partition coefficient (Wildman–Crippen LogP) is 6.52. The Morgan fingerprint density at radius 1 is 0.947 bits per heavy atom. The first kappa shape index (κ1) is 26.1. The summed E-state index contributed by atoms with van der Waals surface area (Å²) in [5.41, 5.74) is 3.66. The third kappa shape index (κ3) is 4.98. The van der Waals surface area contributed by atoms with Crippen molar-refractivity contribution in [3.8, 4) is 11.1 Å². The Balaban J connectivity index is 1.31. The summed E-state index contributed by atoms with van der Waals surface area (Å²) in [7, 11) is -0.864. The molecule has 1 saturated heterocycles. The van der Waals surface area contributed by atoms with E-state index in [9.17, 15) is 13.6 Å². The highest BCUT2D eigenvalue weighted by Crippen LogP contribution is 2.44. The number of hydrogen-bond acceptors (Lipinski definition) is 4. The van der Waals surface area contributed by atoms with Crippen molar-refractivity contribution in [1.29, 1.82) is 0 Å². The summed E-state index contributed by atoms with van der Waals surface area (Å²) in [5.74, 6) is -1.25. The summed E-state index contributed by atoms with van der Waals surface area (Å²) < 4.78 is 46.2. The zero-order valence-corrected chi connectivity index (χ0v) is 21.9. The van der Waals surface area contributed by atoms with E-state index in [2.05, 4.69) is 17.4 Å². The van der Waals surface area contributed by atoms with Crippen LogP contribution in [0.25, 0.3) is 17.2 Å². The lowest BCUT2D eigenvalue weighted by Crippen LogP contribution is -2.41. The van der Waals surface area contributed by atoms with Crippen molar-refractivity contribution >= 4 is 19.3 Å². The fraction of sp³-hybridized carbons (Fsp3) is 0.300. The minimum atomic E-state index is -0.864. The van der Waals surface area contributed by atoms with Gasteiger partial charge in [-0.3, -0.25) is 0 Å². The lowest BCUT2D eigenvalue weighted by atomic mass is 9.77. The van der Waals surface area contributed by atoms with Crippen LogP contribution < -0.4 is 5.32 Å². The van der Waals surface area contributed by atoms with Crippen molar-refractivity contribution in [2.75, 3.05) is 13.2 Å². The van der Waals surface area contributed by atoms with Crippen molar-refractivity contribution in [2.24, 2.45) is 0 Å². The smallest absolute Gasteiger partial charge is 0.449 e. The molecule has 0 radical (unpaired) electrons. The average Bonchev–Trinajstić information content (AvgIpc) is 3.31. The average molecular weight is 517 g/mol. The molecule has 0 atom stereocenters. The fourth-order valence-corrected chi connectivity index (χ4v) is 4.85. The van der Waals surface area contributed by atoms with Crippen LogP contribution in [0, 0.1) is 11.6 Å². The second-order valence-corrected chi connectivity index (χ2v) is 10.7. The summed E-state index contributed by atoms with van der Waals surface area (Å²) in [5, 5.41) is 2.73. The van der Waals surface area contributed by atoms with Crippen molar-refractivity contribution in [1.82, 2.24) is 5.32 Å².